The largest absolute Gasteiger partial charge is 0.393 e. The number of hydrogen-bond donors (Lipinski definition) is 2. The Bertz CT molecular complexity index is 833. The molecule has 0 amide bonds. The molecule has 4 aliphatic rings. The van der Waals surface area contributed by atoms with Crippen molar-refractivity contribution < 1.29 is 10.2 Å². The van der Waals surface area contributed by atoms with E-state index in [0.29, 0.717) is 11.3 Å². The van der Waals surface area contributed by atoms with Crippen molar-refractivity contribution in [1.29, 1.82) is 0 Å². The maximum atomic E-state index is 11.7. The lowest BCUT2D eigenvalue weighted by molar-refractivity contribution is -0.104. The maximum Gasteiger partial charge on any atom is 0.0656 e. The van der Waals surface area contributed by atoms with Crippen molar-refractivity contribution in [3.8, 4) is 0 Å². The smallest absolute Gasteiger partial charge is 0.0656 e. The summed E-state index contributed by atoms with van der Waals surface area (Å²) in [4.78, 5) is 4.48. The number of rotatable bonds is 4. The van der Waals surface area contributed by atoms with Gasteiger partial charge < -0.3 is 10.2 Å². The first kappa shape index (κ1) is 21.6. The minimum atomic E-state index is -0.637. The van der Waals surface area contributed by atoms with Crippen molar-refractivity contribution in [2.75, 3.05) is 0 Å². The average molecular weight is 424 g/mol. The van der Waals surface area contributed by atoms with Crippen LogP contribution in [-0.2, 0) is 6.42 Å². The Balaban J connectivity index is 1.35. The van der Waals surface area contributed by atoms with Gasteiger partial charge in [-0.05, 0) is 118 Å². The van der Waals surface area contributed by atoms with Gasteiger partial charge in [-0.15, -0.1) is 0 Å². The molecule has 8 atom stereocenters. The fourth-order valence-corrected chi connectivity index (χ4v) is 8.76. The molecule has 0 spiro atoms. The molecule has 1 unspecified atom stereocenters. The van der Waals surface area contributed by atoms with Crippen molar-refractivity contribution in [2.45, 2.75) is 96.7 Å². The third-order valence-corrected chi connectivity index (χ3v) is 10.4. The van der Waals surface area contributed by atoms with Crippen molar-refractivity contribution in [2.24, 2.45) is 34.5 Å². The molecule has 1 aromatic heterocycles. The number of aryl methyl sites for hydroxylation is 1. The Kier molecular flexibility index (Phi) is 5.37. The van der Waals surface area contributed by atoms with E-state index in [-0.39, 0.29) is 11.5 Å². The molecular weight excluding hydrogens is 382 g/mol. The lowest BCUT2D eigenvalue weighted by Gasteiger charge is -2.59. The summed E-state index contributed by atoms with van der Waals surface area (Å²) in [6.07, 6.45) is 15.0. The predicted octanol–water partition coefficient (Wildman–Crippen LogP) is 5.71. The average Bonchev–Trinajstić information content (AvgIpc) is 3.12. The van der Waals surface area contributed by atoms with Gasteiger partial charge in [0.2, 0.25) is 0 Å². The first-order valence-electron chi connectivity index (χ1n) is 12.7. The zero-order valence-electron chi connectivity index (χ0n) is 19.7. The molecule has 3 nitrogen and oxygen atoms in total. The number of hydrogen-bond acceptors (Lipinski definition) is 3. The van der Waals surface area contributed by atoms with E-state index in [1.807, 2.05) is 18.3 Å². The van der Waals surface area contributed by atoms with Gasteiger partial charge in [0.05, 0.1) is 11.7 Å². The molecule has 1 heterocycles. The number of allylic oxidation sites excluding steroid dienone is 1. The molecule has 1 aromatic rings. The summed E-state index contributed by atoms with van der Waals surface area (Å²) >= 11 is 0. The predicted molar refractivity (Wildman–Crippen MR) is 124 cm³/mol. The highest BCUT2D eigenvalue weighted by atomic mass is 16.3. The maximum absolute atomic E-state index is 11.7. The van der Waals surface area contributed by atoms with E-state index in [2.05, 4.69) is 37.9 Å². The van der Waals surface area contributed by atoms with Crippen molar-refractivity contribution >= 4 is 0 Å². The van der Waals surface area contributed by atoms with Crippen molar-refractivity contribution in [1.82, 2.24) is 4.98 Å². The van der Waals surface area contributed by atoms with E-state index in [9.17, 15) is 10.2 Å². The van der Waals surface area contributed by atoms with Crippen molar-refractivity contribution in [3.05, 3.63) is 41.7 Å². The van der Waals surface area contributed by atoms with Crippen LogP contribution in [-0.4, -0.2) is 26.9 Å². The van der Waals surface area contributed by atoms with E-state index in [1.165, 1.54) is 25.7 Å². The summed E-state index contributed by atoms with van der Waals surface area (Å²) in [5.74, 6) is 2.61. The molecule has 4 aliphatic carbocycles. The van der Waals surface area contributed by atoms with Crippen LogP contribution in [0.15, 0.2) is 36.0 Å². The Morgan fingerprint density at radius 2 is 1.94 bits per heavy atom. The molecule has 3 fully saturated rings. The summed E-state index contributed by atoms with van der Waals surface area (Å²) in [5.41, 5.74) is 2.53. The van der Waals surface area contributed by atoms with Gasteiger partial charge in [-0.1, -0.05) is 31.6 Å². The SMILES string of the molecule is CC(O)(CCc1ccccn1)[C@H]1CC[C@H]2[C@@H]3CC=C4C[C@@H](O)CC[C@]4(C)[C@H]3CC[C@]12C. The number of fused-ring (bicyclic) bond motifs is 5. The van der Waals surface area contributed by atoms with Gasteiger partial charge in [-0.3, -0.25) is 4.98 Å². The van der Waals surface area contributed by atoms with Gasteiger partial charge in [0.15, 0.2) is 0 Å². The summed E-state index contributed by atoms with van der Waals surface area (Å²) in [5, 5.41) is 21.9. The van der Waals surface area contributed by atoms with Crippen LogP contribution in [0.25, 0.3) is 0 Å². The monoisotopic (exact) mass is 423 g/mol. The lowest BCUT2D eigenvalue weighted by atomic mass is 9.46. The van der Waals surface area contributed by atoms with E-state index >= 15 is 0 Å². The molecule has 31 heavy (non-hydrogen) atoms. The summed E-state index contributed by atoms with van der Waals surface area (Å²) in [6, 6.07) is 6.08. The molecular formula is C28H41NO2. The Labute approximate surface area is 188 Å². The van der Waals surface area contributed by atoms with Crippen LogP contribution in [0.3, 0.4) is 0 Å². The third-order valence-electron chi connectivity index (χ3n) is 10.4. The van der Waals surface area contributed by atoms with Crippen LogP contribution in [0.1, 0.15) is 84.3 Å². The van der Waals surface area contributed by atoms with Gasteiger partial charge in [-0.2, -0.15) is 0 Å². The third kappa shape index (κ3) is 3.51. The van der Waals surface area contributed by atoms with E-state index in [4.69, 9.17) is 0 Å². The highest BCUT2D eigenvalue weighted by molar-refractivity contribution is 5.25. The van der Waals surface area contributed by atoms with Gasteiger partial charge in [-0.25, -0.2) is 0 Å². The normalized spacial score (nSPS) is 43.9. The number of pyridine rings is 1. The van der Waals surface area contributed by atoms with E-state index in [0.717, 1.165) is 62.0 Å². The molecule has 0 aliphatic heterocycles. The number of aliphatic hydroxyl groups excluding tert-OH is 1. The second-order valence-electron chi connectivity index (χ2n) is 12.0. The quantitative estimate of drug-likeness (QED) is 0.610. The molecule has 0 saturated heterocycles. The second kappa shape index (κ2) is 7.70. The molecule has 5 rings (SSSR count). The minimum Gasteiger partial charge on any atom is -0.393 e. The van der Waals surface area contributed by atoms with Crippen LogP contribution in [0.5, 0.6) is 0 Å². The summed E-state index contributed by atoms with van der Waals surface area (Å²) < 4.78 is 0. The highest BCUT2D eigenvalue weighted by Gasteiger charge is 2.61. The lowest BCUT2D eigenvalue weighted by Crippen LogP contribution is -2.53. The number of aliphatic hydroxyl groups is 2. The van der Waals surface area contributed by atoms with E-state index in [1.54, 1.807) is 5.57 Å². The molecule has 0 aromatic carbocycles. The van der Waals surface area contributed by atoms with Crippen LogP contribution >= 0.6 is 0 Å². The minimum absolute atomic E-state index is 0.130. The highest BCUT2D eigenvalue weighted by Crippen LogP contribution is 2.67. The zero-order chi connectivity index (χ0) is 21.9. The second-order valence-corrected chi connectivity index (χ2v) is 12.0. The fraction of sp³-hybridized carbons (Fsp3) is 0.750. The first-order valence-corrected chi connectivity index (χ1v) is 12.7. The van der Waals surface area contributed by atoms with Crippen LogP contribution in [0.4, 0.5) is 0 Å². The molecule has 0 radical (unpaired) electrons. The number of nitrogens with zero attached hydrogens (tertiary/aromatic N) is 1. The number of aromatic nitrogens is 1. The van der Waals surface area contributed by atoms with Gasteiger partial charge in [0, 0.05) is 11.9 Å². The van der Waals surface area contributed by atoms with Crippen molar-refractivity contribution in [3.63, 3.8) is 0 Å². The van der Waals surface area contributed by atoms with Crippen LogP contribution in [0.2, 0.25) is 0 Å². The molecule has 170 valence electrons. The van der Waals surface area contributed by atoms with Gasteiger partial charge in [0.25, 0.3) is 0 Å². The first-order chi connectivity index (χ1) is 14.7. The zero-order valence-corrected chi connectivity index (χ0v) is 19.7. The Morgan fingerprint density at radius 3 is 2.71 bits per heavy atom. The molecule has 2 N–H and O–H groups in total. The molecule has 3 saturated carbocycles. The Hall–Kier alpha value is -1.19. The standard InChI is InChI=1S/C28H41NO2/c1-26-14-12-21(30)18-19(26)7-8-22-23-9-10-25(27(23,2)15-13-24(22)26)28(3,31)16-11-20-6-4-5-17-29-20/h4-7,17,21-25,30-31H,8-16,18H2,1-3H3/t21-,22-,23-,24-,25-,26-,27-,28?/m0/s1. The van der Waals surface area contributed by atoms with Gasteiger partial charge >= 0.3 is 0 Å². The molecule has 3 heteroatoms. The molecule has 0 bridgehead atoms. The summed E-state index contributed by atoms with van der Waals surface area (Å²) in [7, 11) is 0. The van der Waals surface area contributed by atoms with E-state index < -0.39 is 5.60 Å². The topological polar surface area (TPSA) is 53.4 Å². The fourth-order valence-electron chi connectivity index (χ4n) is 8.76. The Morgan fingerprint density at radius 1 is 1.10 bits per heavy atom. The van der Waals surface area contributed by atoms with Crippen LogP contribution in [0, 0.1) is 34.5 Å². The van der Waals surface area contributed by atoms with Gasteiger partial charge in [0.1, 0.15) is 0 Å². The summed E-state index contributed by atoms with van der Waals surface area (Å²) in [6.45, 7) is 7.11. The van der Waals surface area contributed by atoms with Crippen LogP contribution < -0.4 is 0 Å².